The summed E-state index contributed by atoms with van der Waals surface area (Å²) in [4.78, 5) is 36.9. The van der Waals surface area contributed by atoms with Crippen LogP contribution in [0.2, 0.25) is 5.02 Å². The van der Waals surface area contributed by atoms with Gasteiger partial charge in [0.05, 0.1) is 22.0 Å². The normalized spacial score (nSPS) is 14.1. The van der Waals surface area contributed by atoms with Crippen molar-refractivity contribution in [3.8, 4) is 0 Å². The van der Waals surface area contributed by atoms with Gasteiger partial charge in [-0.1, -0.05) is 29.8 Å². The monoisotopic (exact) mass is 481 g/mol. The third kappa shape index (κ3) is 5.70. The van der Waals surface area contributed by atoms with E-state index in [9.17, 15) is 27.6 Å². The Morgan fingerprint density at radius 2 is 1.91 bits per heavy atom. The van der Waals surface area contributed by atoms with Crippen LogP contribution in [0, 0.1) is 13.8 Å². The number of hydrazone groups is 1. The topological polar surface area (TPSA) is 88.1 Å². The molecular formula is C22H19ClF3N3O4. The van der Waals surface area contributed by atoms with Crippen LogP contribution in [0.1, 0.15) is 29.5 Å². The molecule has 0 spiro atoms. The summed E-state index contributed by atoms with van der Waals surface area (Å²) in [6, 6.07) is 8.49. The number of anilines is 2. The van der Waals surface area contributed by atoms with Gasteiger partial charge in [0.25, 0.3) is 5.91 Å². The molecule has 2 amide bonds. The van der Waals surface area contributed by atoms with Crippen molar-refractivity contribution < 1.29 is 32.3 Å². The van der Waals surface area contributed by atoms with Gasteiger partial charge in [0, 0.05) is 12.8 Å². The van der Waals surface area contributed by atoms with Crippen LogP contribution in [0.5, 0.6) is 0 Å². The number of hydrogen-bond acceptors (Lipinski definition) is 5. The summed E-state index contributed by atoms with van der Waals surface area (Å²) in [6.07, 6.45) is -4.74. The fraction of sp³-hybridized carbons (Fsp3) is 0.273. The number of nitrogens with zero attached hydrogens (tertiary/aromatic N) is 2. The van der Waals surface area contributed by atoms with Gasteiger partial charge in [-0.25, -0.2) is 4.79 Å². The number of carbonyl (C=O) groups excluding carboxylic acids is 3. The van der Waals surface area contributed by atoms with Gasteiger partial charge in [-0.2, -0.15) is 23.3 Å². The van der Waals surface area contributed by atoms with E-state index in [0.717, 1.165) is 28.3 Å². The number of aryl methyl sites for hydroxylation is 2. The molecule has 7 nitrogen and oxygen atoms in total. The molecule has 0 aromatic heterocycles. The first-order valence-corrected chi connectivity index (χ1v) is 10.2. The Morgan fingerprint density at radius 3 is 2.61 bits per heavy atom. The standard InChI is InChI=1S/C22H19ClF3N3O4/c1-12-6-7-13(2)17(10-12)29-19(31)9-8-16(28-29)21(32)33-11-18(30)27-20-14(22(24,25)26)4-3-5-15(20)23/h3-7,10H,8-9,11H2,1-2H3,(H,27,30). The molecular weight excluding hydrogens is 463 g/mol. The van der Waals surface area contributed by atoms with Crippen molar-refractivity contribution in [2.45, 2.75) is 32.9 Å². The van der Waals surface area contributed by atoms with E-state index >= 15 is 0 Å². The maximum atomic E-state index is 13.2. The molecule has 33 heavy (non-hydrogen) atoms. The number of carbonyl (C=O) groups is 3. The molecule has 1 aliphatic heterocycles. The van der Waals surface area contributed by atoms with Crippen LogP contribution in [0.4, 0.5) is 24.5 Å². The van der Waals surface area contributed by atoms with Crippen molar-refractivity contribution >= 4 is 46.5 Å². The van der Waals surface area contributed by atoms with Crippen LogP contribution < -0.4 is 10.3 Å². The fourth-order valence-electron chi connectivity index (χ4n) is 3.11. The van der Waals surface area contributed by atoms with Gasteiger partial charge in [0.1, 0.15) is 5.71 Å². The number of ether oxygens (including phenoxy) is 1. The summed E-state index contributed by atoms with van der Waals surface area (Å²) in [5.41, 5.74) is 0.330. The lowest BCUT2D eigenvalue weighted by atomic mass is 10.1. The zero-order valence-electron chi connectivity index (χ0n) is 17.6. The third-order valence-electron chi connectivity index (χ3n) is 4.78. The molecule has 0 bridgehead atoms. The van der Waals surface area contributed by atoms with Gasteiger partial charge >= 0.3 is 12.1 Å². The summed E-state index contributed by atoms with van der Waals surface area (Å²) >= 11 is 5.80. The Labute approximate surface area is 192 Å². The van der Waals surface area contributed by atoms with Crippen LogP contribution in [-0.2, 0) is 25.3 Å². The summed E-state index contributed by atoms with van der Waals surface area (Å²) in [5.74, 6) is -2.28. The third-order valence-corrected chi connectivity index (χ3v) is 5.09. The second-order valence-electron chi connectivity index (χ2n) is 7.33. The minimum Gasteiger partial charge on any atom is -0.451 e. The molecule has 2 aromatic carbocycles. The molecule has 1 heterocycles. The van der Waals surface area contributed by atoms with E-state index in [1.807, 2.05) is 24.4 Å². The minimum absolute atomic E-state index is 0.00206. The minimum atomic E-state index is -4.75. The predicted octanol–water partition coefficient (Wildman–Crippen LogP) is 4.64. The molecule has 0 unspecified atom stereocenters. The summed E-state index contributed by atoms with van der Waals surface area (Å²) in [6.45, 7) is 2.77. The quantitative estimate of drug-likeness (QED) is 0.630. The molecule has 2 aromatic rings. The Hall–Kier alpha value is -3.40. The van der Waals surface area contributed by atoms with Crippen molar-refractivity contribution in [2.24, 2.45) is 5.10 Å². The van der Waals surface area contributed by atoms with Crippen LogP contribution in [0.15, 0.2) is 41.5 Å². The fourth-order valence-corrected chi connectivity index (χ4v) is 3.34. The van der Waals surface area contributed by atoms with E-state index in [0.29, 0.717) is 5.69 Å². The molecule has 0 fully saturated rings. The van der Waals surface area contributed by atoms with E-state index < -0.39 is 35.9 Å². The van der Waals surface area contributed by atoms with E-state index in [2.05, 4.69) is 5.10 Å². The Kier molecular flexibility index (Phi) is 7.06. The number of esters is 1. The number of benzene rings is 2. The Morgan fingerprint density at radius 1 is 1.18 bits per heavy atom. The van der Waals surface area contributed by atoms with E-state index in [1.54, 1.807) is 13.0 Å². The molecule has 0 atom stereocenters. The largest absolute Gasteiger partial charge is 0.451 e. The van der Waals surface area contributed by atoms with Gasteiger partial charge in [-0.3, -0.25) is 9.59 Å². The highest BCUT2D eigenvalue weighted by Gasteiger charge is 2.35. The van der Waals surface area contributed by atoms with Crippen molar-refractivity contribution in [1.82, 2.24) is 0 Å². The van der Waals surface area contributed by atoms with E-state index in [-0.39, 0.29) is 29.5 Å². The van der Waals surface area contributed by atoms with Gasteiger partial charge < -0.3 is 10.1 Å². The molecule has 3 rings (SSSR count). The van der Waals surface area contributed by atoms with Crippen molar-refractivity contribution in [1.29, 1.82) is 0 Å². The van der Waals surface area contributed by atoms with Crippen molar-refractivity contribution in [2.75, 3.05) is 16.9 Å². The molecule has 1 N–H and O–H groups in total. The van der Waals surface area contributed by atoms with Gasteiger partial charge in [0.2, 0.25) is 5.91 Å². The molecule has 0 radical (unpaired) electrons. The highest BCUT2D eigenvalue weighted by molar-refractivity contribution is 6.38. The molecule has 1 aliphatic rings. The predicted molar refractivity (Wildman–Crippen MR) is 116 cm³/mol. The van der Waals surface area contributed by atoms with Gasteiger partial charge in [0.15, 0.2) is 6.61 Å². The molecule has 11 heteroatoms. The lowest BCUT2D eigenvalue weighted by Gasteiger charge is -2.24. The highest BCUT2D eigenvalue weighted by Crippen LogP contribution is 2.38. The molecule has 0 aliphatic carbocycles. The zero-order valence-corrected chi connectivity index (χ0v) is 18.4. The second kappa shape index (κ2) is 9.62. The summed E-state index contributed by atoms with van der Waals surface area (Å²) < 4.78 is 44.4. The van der Waals surface area contributed by atoms with Crippen LogP contribution in [0.3, 0.4) is 0 Å². The molecule has 0 saturated carbocycles. The lowest BCUT2D eigenvalue weighted by molar-refractivity contribution is -0.141. The van der Waals surface area contributed by atoms with Crippen LogP contribution in [0.25, 0.3) is 0 Å². The molecule has 0 saturated heterocycles. The zero-order chi connectivity index (χ0) is 24.3. The summed E-state index contributed by atoms with van der Waals surface area (Å²) in [5, 5.41) is 6.91. The number of nitrogens with one attached hydrogen (secondary N) is 1. The van der Waals surface area contributed by atoms with E-state index in [1.165, 1.54) is 6.07 Å². The average molecular weight is 482 g/mol. The lowest BCUT2D eigenvalue weighted by Crippen LogP contribution is -2.36. The second-order valence-corrected chi connectivity index (χ2v) is 7.73. The highest BCUT2D eigenvalue weighted by atomic mass is 35.5. The number of amides is 2. The number of para-hydroxylation sites is 1. The van der Waals surface area contributed by atoms with Gasteiger partial charge in [-0.05, 0) is 43.2 Å². The first-order chi connectivity index (χ1) is 15.5. The Bertz CT molecular complexity index is 1150. The molecule has 174 valence electrons. The maximum absolute atomic E-state index is 13.2. The Balaban J connectivity index is 1.70. The number of alkyl halides is 3. The maximum Gasteiger partial charge on any atom is 0.418 e. The number of halogens is 4. The smallest absolute Gasteiger partial charge is 0.418 e. The average Bonchev–Trinajstić information content (AvgIpc) is 2.75. The van der Waals surface area contributed by atoms with Crippen molar-refractivity contribution in [3.05, 3.63) is 58.1 Å². The first-order valence-electron chi connectivity index (χ1n) is 9.77. The first kappa shape index (κ1) is 24.2. The van der Waals surface area contributed by atoms with Crippen molar-refractivity contribution in [3.63, 3.8) is 0 Å². The number of rotatable bonds is 5. The van der Waals surface area contributed by atoms with Gasteiger partial charge in [-0.15, -0.1) is 0 Å². The van der Waals surface area contributed by atoms with Crippen LogP contribution in [-0.4, -0.2) is 30.1 Å². The SMILES string of the molecule is Cc1ccc(C)c(N2N=C(C(=O)OCC(=O)Nc3c(Cl)cccc3C(F)(F)F)CCC2=O)c1. The summed E-state index contributed by atoms with van der Waals surface area (Å²) in [7, 11) is 0. The van der Waals surface area contributed by atoms with Crippen LogP contribution >= 0.6 is 11.6 Å². The van der Waals surface area contributed by atoms with E-state index in [4.69, 9.17) is 16.3 Å². The number of hydrogen-bond donors (Lipinski definition) is 1.